The highest BCUT2D eigenvalue weighted by molar-refractivity contribution is 5.84. The number of unbranched alkanes of at least 4 members (excludes halogenated alkanes) is 16. The molecule has 0 aliphatic rings. The fourth-order valence-corrected chi connectivity index (χ4v) is 6.35. The lowest BCUT2D eigenvalue weighted by molar-refractivity contribution is -0.142. The van der Waals surface area contributed by atoms with Crippen molar-refractivity contribution in [3.05, 3.63) is 0 Å². The van der Waals surface area contributed by atoms with Crippen molar-refractivity contribution < 1.29 is 86.5 Å². The van der Waals surface area contributed by atoms with E-state index < -0.39 is 12.0 Å². The van der Waals surface area contributed by atoms with E-state index in [0.29, 0.717) is 118 Å². The smallest absolute Gasteiger partial charge is 0.326 e. The van der Waals surface area contributed by atoms with E-state index in [1.807, 2.05) is 14.0 Å². The predicted molar refractivity (Wildman–Crippen MR) is 289 cm³/mol. The van der Waals surface area contributed by atoms with Crippen molar-refractivity contribution in [2.75, 3.05) is 146 Å². The van der Waals surface area contributed by atoms with Gasteiger partial charge in [-0.25, -0.2) is 4.79 Å². The van der Waals surface area contributed by atoms with E-state index in [9.17, 15) is 43.5 Å². The summed E-state index contributed by atoms with van der Waals surface area (Å²) in [5.41, 5.74) is 0. The lowest BCUT2D eigenvalue weighted by Crippen LogP contribution is -2.41. The molecule has 0 fully saturated rings. The van der Waals surface area contributed by atoms with Gasteiger partial charge in [-0.3, -0.25) is 24.0 Å². The van der Waals surface area contributed by atoms with E-state index in [1.54, 1.807) is 0 Å². The standard InChI is InChI=1S/C31H56N2O8.C13H28N2O5.C8H15NO4.CH4O/c34-22-17-15-13-11-9-7-5-3-1-2-4-6-8-10-12-14-16-18-30(37)33-28(31(38)39)19-20-29(36)32-21-24-40-26-27-41-25-23-35;1-3-17-8-9-19-7-5-15-13(16)12-20-11-10-18-6-4-14-2;1-8(11)6-13-5-4-12-3-2-9-7-10;1-2/h22-23,28H,1-21,24-27H2,(H,32,36)(H,33,37)(H,38,39);14H,3-12H2,1-2H3,(H,15,16);7H,2-6H2,1H3,(H,9,10);2H,1H3/t28-;;;/m0.../s1. The van der Waals surface area contributed by atoms with Crippen LogP contribution in [-0.2, 0) is 76.3 Å². The van der Waals surface area contributed by atoms with Gasteiger partial charge in [-0.2, -0.15) is 0 Å². The third-order valence-electron chi connectivity index (χ3n) is 10.3. The molecule has 0 bridgehead atoms. The summed E-state index contributed by atoms with van der Waals surface area (Å²) in [6, 6.07) is -1.08. The summed E-state index contributed by atoms with van der Waals surface area (Å²) >= 11 is 0. The number of aliphatic hydroxyl groups excluding tert-OH is 1. The highest BCUT2D eigenvalue weighted by atomic mass is 16.5. The van der Waals surface area contributed by atoms with E-state index in [4.69, 9.17) is 43.0 Å². The normalized spacial score (nSPS) is 10.8. The number of rotatable bonds is 56. The summed E-state index contributed by atoms with van der Waals surface area (Å²) in [4.78, 5) is 87.5. The van der Waals surface area contributed by atoms with E-state index in [0.717, 1.165) is 52.0 Å². The predicted octanol–water partition coefficient (Wildman–Crippen LogP) is 3.28. The van der Waals surface area contributed by atoms with Gasteiger partial charge in [-0.15, -0.1) is 0 Å². The number of likely N-dealkylation sites (N-methyl/N-ethyl adjacent to an activating group) is 1. The number of aliphatic carboxylic acids is 1. The number of ketones is 1. The van der Waals surface area contributed by atoms with Gasteiger partial charge >= 0.3 is 5.97 Å². The van der Waals surface area contributed by atoms with Gasteiger partial charge in [0.2, 0.25) is 24.1 Å². The van der Waals surface area contributed by atoms with Crippen LogP contribution in [0.3, 0.4) is 0 Å². The number of ether oxygens (including phenoxy) is 8. The number of amides is 4. The molecule has 23 heteroatoms. The van der Waals surface area contributed by atoms with Crippen LogP contribution >= 0.6 is 0 Å². The average Bonchev–Trinajstić information content (AvgIpc) is 3.41. The summed E-state index contributed by atoms with van der Waals surface area (Å²) in [6.45, 7) is 11.7. The molecule has 0 aromatic rings. The highest BCUT2D eigenvalue weighted by Crippen LogP contribution is 2.14. The molecule has 0 rings (SSSR count). The van der Waals surface area contributed by atoms with Crippen LogP contribution in [0.2, 0.25) is 0 Å². The molecular weight excluding hydrogens is 995 g/mol. The highest BCUT2D eigenvalue weighted by Gasteiger charge is 2.20. The third-order valence-corrected chi connectivity index (χ3v) is 10.3. The zero-order valence-electron chi connectivity index (χ0n) is 47.0. The van der Waals surface area contributed by atoms with Crippen LogP contribution < -0.4 is 26.6 Å². The number of nitrogens with one attached hydrogen (secondary N) is 5. The lowest BCUT2D eigenvalue weighted by Gasteiger charge is -2.14. The quantitative estimate of drug-likeness (QED) is 0.0340. The topological polar surface area (TPSA) is 311 Å². The Morgan fingerprint density at radius 1 is 0.474 bits per heavy atom. The summed E-state index contributed by atoms with van der Waals surface area (Å²) in [5, 5.41) is 29.7. The second-order valence-electron chi connectivity index (χ2n) is 16.9. The van der Waals surface area contributed by atoms with Crippen LogP contribution in [0.5, 0.6) is 0 Å². The third kappa shape index (κ3) is 74.2. The summed E-state index contributed by atoms with van der Waals surface area (Å²) in [7, 11) is 2.87. The van der Waals surface area contributed by atoms with E-state index in [2.05, 4.69) is 26.6 Å². The lowest BCUT2D eigenvalue weighted by atomic mass is 10.0. The van der Waals surface area contributed by atoms with Crippen molar-refractivity contribution >= 4 is 48.5 Å². The Kier molecular flexibility index (Phi) is 73.3. The monoisotopic (exact) mass is 1100 g/mol. The molecule has 0 radical (unpaired) electrons. The number of carboxylic acid groups (broad SMARTS) is 1. The second-order valence-corrected chi connectivity index (χ2v) is 16.9. The number of aliphatic hydroxyl groups is 1. The van der Waals surface area contributed by atoms with Gasteiger partial charge in [0.1, 0.15) is 38.4 Å². The Morgan fingerprint density at radius 3 is 1.37 bits per heavy atom. The van der Waals surface area contributed by atoms with Crippen molar-refractivity contribution in [3.63, 3.8) is 0 Å². The summed E-state index contributed by atoms with van der Waals surface area (Å²) in [5.74, 6) is -1.88. The van der Waals surface area contributed by atoms with Crippen LogP contribution in [0, 0.1) is 0 Å². The molecule has 0 spiro atoms. The number of hydrogen-bond donors (Lipinski definition) is 7. The second kappa shape index (κ2) is 71.0. The number of carboxylic acids is 1. The Labute approximate surface area is 454 Å². The van der Waals surface area contributed by atoms with Gasteiger partial charge in [0.25, 0.3) is 0 Å². The zero-order chi connectivity index (χ0) is 57.1. The molecule has 0 aliphatic heterocycles. The van der Waals surface area contributed by atoms with Gasteiger partial charge in [-0.1, -0.05) is 89.9 Å². The molecular formula is C53H103N5O18. The Hall–Kier alpha value is -4.04. The first-order chi connectivity index (χ1) is 37.1. The van der Waals surface area contributed by atoms with E-state index >= 15 is 0 Å². The molecule has 23 nitrogen and oxygen atoms in total. The molecule has 0 aliphatic carbocycles. The maximum absolute atomic E-state index is 12.2. The van der Waals surface area contributed by atoms with Gasteiger partial charge in [-0.05, 0) is 40.2 Å². The minimum Gasteiger partial charge on any atom is -0.480 e. The molecule has 4 amide bonds. The zero-order valence-corrected chi connectivity index (χ0v) is 47.0. The first kappa shape index (κ1) is 78.5. The molecule has 448 valence electrons. The van der Waals surface area contributed by atoms with Crippen LogP contribution in [-0.4, -0.2) is 211 Å². The molecule has 1 atom stereocenters. The number of carbonyl (C=O) groups is 8. The first-order valence-corrected chi connectivity index (χ1v) is 27.4. The average molecular weight is 1100 g/mol. The Balaban J connectivity index is -0.000000607. The largest absolute Gasteiger partial charge is 0.480 e. The van der Waals surface area contributed by atoms with Crippen molar-refractivity contribution in [1.29, 1.82) is 0 Å². The van der Waals surface area contributed by atoms with E-state index in [-0.39, 0.29) is 69.3 Å². The minimum atomic E-state index is -1.15. The van der Waals surface area contributed by atoms with Gasteiger partial charge in [0.05, 0.1) is 79.3 Å². The Bertz CT molecular complexity index is 1290. The van der Waals surface area contributed by atoms with Gasteiger partial charge in [0, 0.05) is 59.2 Å². The molecule has 76 heavy (non-hydrogen) atoms. The summed E-state index contributed by atoms with van der Waals surface area (Å²) < 4.78 is 41.0. The van der Waals surface area contributed by atoms with Gasteiger partial charge in [0.15, 0.2) is 5.78 Å². The molecule has 0 saturated carbocycles. The number of hydrogen-bond acceptors (Lipinski definition) is 18. The van der Waals surface area contributed by atoms with E-state index in [1.165, 1.54) is 77.6 Å². The Morgan fingerprint density at radius 2 is 0.908 bits per heavy atom. The van der Waals surface area contributed by atoms with Crippen LogP contribution in [0.1, 0.15) is 142 Å². The molecule has 0 aromatic heterocycles. The van der Waals surface area contributed by atoms with Crippen molar-refractivity contribution in [1.82, 2.24) is 26.6 Å². The molecule has 0 aromatic carbocycles. The minimum absolute atomic E-state index is 0.00243. The van der Waals surface area contributed by atoms with Crippen LogP contribution in [0.4, 0.5) is 0 Å². The fraction of sp³-hybridized carbons (Fsp3) is 0.849. The van der Waals surface area contributed by atoms with Crippen molar-refractivity contribution in [2.45, 2.75) is 148 Å². The fourth-order valence-electron chi connectivity index (χ4n) is 6.35. The maximum atomic E-state index is 12.2. The number of carbonyl (C=O) groups excluding carboxylic acids is 7. The maximum Gasteiger partial charge on any atom is 0.326 e. The number of Topliss-reactive ketones (excluding diaryl/α,β-unsaturated/α-hetero) is 1. The van der Waals surface area contributed by atoms with Crippen LogP contribution in [0.15, 0.2) is 0 Å². The van der Waals surface area contributed by atoms with Crippen molar-refractivity contribution in [2.24, 2.45) is 0 Å². The van der Waals surface area contributed by atoms with Crippen LogP contribution in [0.25, 0.3) is 0 Å². The number of aldehydes is 2. The molecule has 0 heterocycles. The van der Waals surface area contributed by atoms with Crippen molar-refractivity contribution in [3.8, 4) is 0 Å². The summed E-state index contributed by atoms with van der Waals surface area (Å²) in [6.07, 6.45) is 22.4. The van der Waals surface area contributed by atoms with Gasteiger partial charge < -0.3 is 84.3 Å². The molecule has 7 N–H and O–H groups in total. The molecule has 0 unspecified atom stereocenters. The first-order valence-electron chi connectivity index (χ1n) is 27.4. The molecule has 0 saturated heterocycles. The SMILES string of the molecule is CC(=O)COCCOCCNC=O.CCOCCOCCNC(=O)COCCOCCNC.CO.O=CCCCCCCCCCCCCCCCCCCC(=O)N[C@@H](CCC(=O)NCCOCCOCC=O)C(=O)O.